The standard InChI is InChI=1S/C25H26N4O3S/c1-3-13-29-23(22-15-31-20-9-4-5-10-21(20)32-22)27-28-25(29)33-16(2)24(30)26-19-12-11-17-7-6-8-18(17)14-19/h3-5,9-12,14,16,22H,1,6-8,13,15H2,2H3,(H,26,30)/t16-,22-/m0/s1. The second kappa shape index (κ2) is 9.31. The number of rotatable bonds is 7. The molecule has 1 N–H and O–H groups in total. The molecule has 0 bridgehead atoms. The molecular formula is C25H26N4O3S. The third-order valence-corrected chi connectivity index (χ3v) is 6.95. The van der Waals surface area contributed by atoms with Gasteiger partial charge in [0.15, 0.2) is 28.6 Å². The number of ether oxygens (including phenoxy) is 2. The van der Waals surface area contributed by atoms with Gasteiger partial charge in [-0.05, 0) is 61.6 Å². The fourth-order valence-corrected chi connectivity index (χ4v) is 5.04. The zero-order chi connectivity index (χ0) is 22.8. The first-order chi connectivity index (χ1) is 16.1. The number of allylic oxidation sites excluding steroid dienone is 1. The maximum Gasteiger partial charge on any atom is 0.237 e. The minimum atomic E-state index is -0.391. The number of aryl methyl sites for hydroxylation is 2. The Hall–Kier alpha value is -3.26. The van der Waals surface area contributed by atoms with E-state index in [2.05, 4.69) is 34.2 Å². The zero-order valence-electron chi connectivity index (χ0n) is 18.5. The summed E-state index contributed by atoms with van der Waals surface area (Å²) in [7, 11) is 0. The summed E-state index contributed by atoms with van der Waals surface area (Å²) in [4.78, 5) is 12.9. The summed E-state index contributed by atoms with van der Waals surface area (Å²) < 4.78 is 13.9. The highest BCUT2D eigenvalue weighted by molar-refractivity contribution is 8.00. The molecule has 33 heavy (non-hydrogen) atoms. The van der Waals surface area contributed by atoms with E-state index in [1.165, 1.54) is 29.3 Å². The Labute approximate surface area is 197 Å². The summed E-state index contributed by atoms with van der Waals surface area (Å²) in [6, 6.07) is 13.8. The Morgan fingerprint density at radius 3 is 2.91 bits per heavy atom. The Morgan fingerprint density at radius 2 is 2.06 bits per heavy atom. The number of carbonyl (C=O) groups is 1. The van der Waals surface area contributed by atoms with Gasteiger partial charge in [0, 0.05) is 12.2 Å². The first-order valence-corrected chi connectivity index (χ1v) is 12.0. The number of thioether (sulfide) groups is 1. The van der Waals surface area contributed by atoms with Crippen LogP contribution in [-0.2, 0) is 24.2 Å². The first kappa shape index (κ1) is 21.6. The molecule has 1 aliphatic carbocycles. The van der Waals surface area contributed by atoms with Crippen molar-refractivity contribution < 1.29 is 14.3 Å². The SMILES string of the molecule is C=CCn1c(S[C@@H](C)C(=O)Nc2ccc3c(c2)CCC3)nnc1[C@@H]1COc2ccccc2O1. The minimum absolute atomic E-state index is 0.0705. The highest BCUT2D eigenvalue weighted by Gasteiger charge is 2.29. The Morgan fingerprint density at radius 1 is 1.24 bits per heavy atom. The van der Waals surface area contributed by atoms with E-state index in [-0.39, 0.29) is 11.2 Å². The third kappa shape index (κ3) is 4.48. The molecule has 0 fully saturated rings. The molecule has 1 amide bonds. The second-order valence-corrected chi connectivity index (χ2v) is 9.50. The lowest BCUT2D eigenvalue weighted by Gasteiger charge is -2.26. The fourth-order valence-electron chi connectivity index (χ4n) is 4.18. The predicted octanol–water partition coefficient (Wildman–Crippen LogP) is 4.58. The van der Waals surface area contributed by atoms with Gasteiger partial charge >= 0.3 is 0 Å². The van der Waals surface area contributed by atoms with Crippen molar-refractivity contribution in [3.63, 3.8) is 0 Å². The molecule has 0 radical (unpaired) electrons. The lowest BCUT2D eigenvalue weighted by molar-refractivity contribution is -0.115. The molecule has 1 aromatic heterocycles. The normalized spacial score (nSPS) is 17.3. The summed E-state index contributed by atoms with van der Waals surface area (Å²) in [5.41, 5.74) is 3.56. The Kier molecular flexibility index (Phi) is 6.09. The van der Waals surface area contributed by atoms with Crippen LogP contribution < -0.4 is 14.8 Å². The van der Waals surface area contributed by atoms with E-state index in [9.17, 15) is 4.79 Å². The topological polar surface area (TPSA) is 78.3 Å². The van der Waals surface area contributed by atoms with Crippen molar-refractivity contribution in [1.29, 1.82) is 0 Å². The van der Waals surface area contributed by atoms with Crippen LogP contribution in [0.5, 0.6) is 11.5 Å². The molecule has 5 rings (SSSR count). The molecule has 3 aromatic rings. The molecule has 0 saturated heterocycles. The van der Waals surface area contributed by atoms with E-state index < -0.39 is 6.10 Å². The van der Waals surface area contributed by atoms with Crippen molar-refractivity contribution in [2.24, 2.45) is 0 Å². The number of para-hydroxylation sites is 2. The Bertz CT molecular complexity index is 1190. The van der Waals surface area contributed by atoms with Crippen LogP contribution in [0.3, 0.4) is 0 Å². The molecule has 8 heteroatoms. The second-order valence-electron chi connectivity index (χ2n) is 8.19. The number of carbonyl (C=O) groups excluding carboxylic acids is 1. The number of amides is 1. The molecule has 170 valence electrons. The summed E-state index contributed by atoms with van der Waals surface area (Å²) >= 11 is 1.37. The van der Waals surface area contributed by atoms with Gasteiger partial charge in [-0.15, -0.1) is 16.8 Å². The van der Waals surface area contributed by atoms with Crippen molar-refractivity contribution in [1.82, 2.24) is 14.8 Å². The molecular weight excluding hydrogens is 436 g/mol. The van der Waals surface area contributed by atoms with Gasteiger partial charge in [0.25, 0.3) is 0 Å². The van der Waals surface area contributed by atoms with Crippen molar-refractivity contribution in [3.8, 4) is 11.5 Å². The number of nitrogens with one attached hydrogen (secondary N) is 1. The van der Waals surface area contributed by atoms with E-state index in [4.69, 9.17) is 9.47 Å². The smallest absolute Gasteiger partial charge is 0.237 e. The number of hydrogen-bond donors (Lipinski definition) is 1. The number of fused-ring (bicyclic) bond motifs is 2. The molecule has 0 unspecified atom stereocenters. The monoisotopic (exact) mass is 462 g/mol. The van der Waals surface area contributed by atoms with Crippen molar-refractivity contribution >= 4 is 23.4 Å². The molecule has 2 atom stereocenters. The van der Waals surface area contributed by atoms with E-state index in [0.29, 0.717) is 29.9 Å². The van der Waals surface area contributed by atoms with E-state index in [1.54, 1.807) is 6.08 Å². The lowest BCUT2D eigenvalue weighted by atomic mass is 10.1. The van der Waals surface area contributed by atoms with Gasteiger partial charge in [0.1, 0.15) is 6.61 Å². The van der Waals surface area contributed by atoms with Crippen molar-refractivity contribution in [3.05, 3.63) is 72.1 Å². The highest BCUT2D eigenvalue weighted by atomic mass is 32.2. The minimum Gasteiger partial charge on any atom is -0.485 e. The van der Waals surface area contributed by atoms with Crippen LogP contribution >= 0.6 is 11.8 Å². The predicted molar refractivity (Wildman–Crippen MR) is 128 cm³/mol. The highest BCUT2D eigenvalue weighted by Crippen LogP contribution is 2.36. The lowest BCUT2D eigenvalue weighted by Crippen LogP contribution is -2.25. The zero-order valence-corrected chi connectivity index (χ0v) is 19.3. The van der Waals surface area contributed by atoms with Crippen LogP contribution in [0.25, 0.3) is 0 Å². The van der Waals surface area contributed by atoms with Gasteiger partial charge in [-0.3, -0.25) is 9.36 Å². The molecule has 7 nitrogen and oxygen atoms in total. The third-order valence-electron chi connectivity index (χ3n) is 5.87. The summed E-state index contributed by atoms with van der Waals surface area (Å²) in [5.74, 6) is 1.98. The molecule has 0 spiro atoms. The van der Waals surface area contributed by atoms with Crippen molar-refractivity contribution in [2.45, 2.75) is 49.2 Å². The number of anilines is 1. The first-order valence-electron chi connectivity index (χ1n) is 11.1. The van der Waals surface area contributed by atoms with Gasteiger partial charge in [0.05, 0.1) is 5.25 Å². The molecule has 2 heterocycles. The van der Waals surface area contributed by atoms with Crippen LogP contribution in [-0.4, -0.2) is 32.5 Å². The molecule has 2 aliphatic rings. The number of hydrogen-bond acceptors (Lipinski definition) is 6. The maximum atomic E-state index is 12.9. The summed E-state index contributed by atoms with van der Waals surface area (Å²) in [6.07, 6.45) is 4.77. The van der Waals surface area contributed by atoms with Crippen LogP contribution in [0.15, 0.2) is 60.3 Å². The van der Waals surface area contributed by atoms with E-state index in [1.807, 2.05) is 41.8 Å². The largest absolute Gasteiger partial charge is 0.485 e. The fraction of sp³-hybridized carbons (Fsp3) is 0.320. The van der Waals surface area contributed by atoms with Crippen LogP contribution in [0.2, 0.25) is 0 Å². The average Bonchev–Trinajstić information content (AvgIpc) is 3.46. The van der Waals surface area contributed by atoms with Crippen LogP contribution in [0, 0.1) is 0 Å². The summed E-state index contributed by atoms with van der Waals surface area (Å²) in [6.45, 7) is 6.58. The van der Waals surface area contributed by atoms with Gasteiger partial charge < -0.3 is 14.8 Å². The van der Waals surface area contributed by atoms with E-state index >= 15 is 0 Å². The van der Waals surface area contributed by atoms with Gasteiger partial charge in [-0.1, -0.05) is 36.0 Å². The number of benzene rings is 2. The summed E-state index contributed by atoms with van der Waals surface area (Å²) in [5, 5.41) is 12.1. The molecule has 2 aromatic carbocycles. The van der Waals surface area contributed by atoms with Gasteiger partial charge in [-0.2, -0.15) is 0 Å². The molecule has 1 aliphatic heterocycles. The van der Waals surface area contributed by atoms with Gasteiger partial charge in [-0.25, -0.2) is 0 Å². The molecule has 0 saturated carbocycles. The quantitative estimate of drug-likeness (QED) is 0.409. The van der Waals surface area contributed by atoms with Crippen LogP contribution in [0.4, 0.5) is 5.69 Å². The van der Waals surface area contributed by atoms with Gasteiger partial charge in [0.2, 0.25) is 5.91 Å². The Balaban J connectivity index is 1.29. The van der Waals surface area contributed by atoms with Crippen LogP contribution in [0.1, 0.15) is 36.4 Å². The number of aromatic nitrogens is 3. The maximum absolute atomic E-state index is 12.9. The van der Waals surface area contributed by atoms with E-state index in [0.717, 1.165) is 24.3 Å². The number of nitrogens with zero attached hydrogens (tertiary/aromatic N) is 3. The van der Waals surface area contributed by atoms with Crippen molar-refractivity contribution in [2.75, 3.05) is 11.9 Å². The average molecular weight is 463 g/mol.